The van der Waals surface area contributed by atoms with Crippen LogP contribution in [0.2, 0.25) is 0 Å². The smallest absolute Gasteiger partial charge is 0.420 e. The van der Waals surface area contributed by atoms with Crippen LogP contribution in [0.1, 0.15) is 57.2 Å². The Kier molecular flexibility index (Phi) is 18.1. The Morgan fingerprint density at radius 3 is 1.67 bits per heavy atom. The zero-order chi connectivity index (χ0) is 42.0. The number of ether oxygens (including phenoxy) is 4. The monoisotopic (exact) mass is 772 g/mol. The standard InChI is InChI=1S/C48H27F3O7/c1-4-6-7-8-9-10-11-12-13-14-15-16-17-18-19-20-21-24-38-25-29-41(30-26-38)57-46(53)40-28-32-44(42(36-40)48(49,50)51)58-47(54)39-27-31-43(37(3)35-39)55-33-22-23-34-56-45(52)5-2/h5,25-32,35-36H,2,22-23,33-34H2,1,3H3. The Balaban J connectivity index is 1.56. The maximum atomic E-state index is 14.1. The lowest BCUT2D eigenvalue weighted by Gasteiger charge is -2.15. The van der Waals surface area contributed by atoms with E-state index in [1.165, 1.54) is 42.5 Å². The molecule has 0 fully saturated rings. The molecule has 0 atom stereocenters. The van der Waals surface area contributed by atoms with Gasteiger partial charge in [0.05, 0.1) is 29.9 Å². The van der Waals surface area contributed by atoms with Gasteiger partial charge in [-0.15, -0.1) is 0 Å². The molecule has 0 saturated heterocycles. The van der Waals surface area contributed by atoms with Gasteiger partial charge in [0.1, 0.15) is 17.2 Å². The number of carbonyl (C=O) groups is 3. The zero-order valence-corrected chi connectivity index (χ0v) is 30.9. The van der Waals surface area contributed by atoms with Crippen molar-refractivity contribution in [3.63, 3.8) is 0 Å². The zero-order valence-electron chi connectivity index (χ0n) is 30.9. The number of hydrogen-bond donors (Lipinski definition) is 0. The van der Waals surface area contributed by atoms with Crippen molar-refractivity contribution in [1.29, 1.82) is 0 Å². The minimum Gasteiger partial charge on any atom is -0.493 e. The number of hydrogen-bond acceptors (Lipinski definition) is 7. The van der Waals surface area contributed by atoms with Gasteiger partial charge in [-0.3, -0.25) is 0 Å². The molecule has 282 valence electrons. The molecule has 0 aliphatic rings. The van der Waals surface area contributed by atoms with Gasteiger partial charge in [-0.05, 0) is 188 Å². The van der Waals surface area contributed by atoms with Crippen molar-refractivity contribution in [3.8, 4) is 124 Å². The van der Waals surface area contributed by atoms with Crippen LogP contribution >= 0.6 is 0 Å². The second-order valence-electron chi connectivity index (χ2n) is 10.8. The van der Waals surface area contributed by atoms with E-state index in [4.69, 9.17) is 18.9 Å². The van der Waals surface area contributed by atoms with Crippen molar-refractivity contribution in [1.82, 2.24) is 0 Å². The van der Waals surface area contributed by atoms with Crippen molar-refractivity contribution in [2.24, 2.45) is 0 Å². The molecule has 0 aliphatic heterocycles. The molecule has 58 heavy (non-hydrogen) atoms. The van der Waals surface area contributed by atoms with Crippen LogP contribution in [-0.4, -0.2) is 31.1 Å². The van der Waals surface area contributed by atoms with Crippen LogP contribution in [0.3, 0.4) is 0 Å². The molecule has 0 unspecified atom stereocenters. The van der Waals surface area contributed by atoms with E-state index in [-0.39, 0.29) is 17.9 Å². The van der Waals surface area contributed by atoms with E-state index in [1.54, 1.807) is 13.8 Å². The van der Waals surface area contributed by atoms with Gasteiger partial charge in [-0.1, -0.05) is 18.4 Å². The summed E-state index contributed by atoms with van der Waals surface area (Å²) in [6.45, 7) is 7.15. The van der Waals surface area contributed by atoms with Gasteiger partial charge in [0.15, 0.2) is 0 Å². The Labute approximate surface area is 334 Å². The summed E-state index contributed by atoms with van der Waals surface area (Å²) in [5.41, 5.74) is -0.758. The van der Waals surface area contributed by atoms with E-state index in [1.807, 2.05) is 0 Å². The molecule has 10 heteroatoms. The van der Waals surface area contributed by atoms with Gasteiger partial charge >= 0.3 is 24.1 Å². The molecule has 3 rings (SSSR count). The molecular formula is C48H27F3O7. The quantitative estimate of drug-likeness (QED) is 0.0702. The highest BCUT2D eigenvalue weighted by Gasteiger charge is 2.36. The van der Waals surface area contributed by atoms with Gasteiger partial charge in [0, 0.05) is 11.6 Å². The number of rotatable bonds is 11. The topological polar surface area (TPSA) is 88.1 Å². The highest BCUT2D eigenvalue weighted by atomic mass is 19.4. The molecule has 0 aromatic heterocycles. The number of aryl methyl sites for hydroxylation is 1. The highest BCUT2D eigenvalue weighted by molar-refractivity contribution is 5.93. The van der Waals surface area contributed by atoms with E-state index in [2.05, 4.69) is 113 Å². The van der Waals surface area contributed by atoms with Crippen LogP contribution in [0.15, 0.2) is 73.3 Å². The van der Waals surface area contributed by atoms with Crippen molar-refractivity contribution >= 4 is 17.9 Å². The number of halogens is 3. The summed E-state index contributed by atoms with van der Waals surface area (Å²) in [6, 6.07) is 12.6. The molecule has 0 heterocycles. The van der Waals surface area contributed by atoms with Crippen molar-refractivity contribution in [2.45, 2.75) is 32.9 Å². The lowest BCUT2D eigenvalue weighted by molar-refractivity contribution is -0.139. The summed E-state index contributed by atoms with van der Waals surface area (Å²) in [5.74, 6) is 42.5. The van der Waals surface area contributed by atoms with E-state index >= 15 is 0 Å². The third-order valence-electron chi connectivity index (χ3n) is 6.68. The molecular weight excluding hydrogens is 746 g/mol. The Morgan fingerprint density at radius 1 is 0.638 bits per heavy atom. The van der Waals surface area contributed by atoms with Crippen LogP contribution in [0.25, 0.3) is 0 Å². The highest BCUT2D eigenvalue weighted by Crippen LogP contribution is 2.37. The lowest BCUT2D eigenvalue weighted by Crippen LogP contribution is -2.16. The predicted molar refractivity (Wildman–Crippen MR) is 210 cm³/mol. The first-order chi connectivity index (χ1) is 28.0. The third kappa shape index (κ3) is 16.2. The molecule has 0 spiro atoms. The molecule has 0 aliphatic carbocycles. The van der Waals surface area contributed by atoms with Gasteiger partial charge in [-0.2, -0.15) is 13.2 Å². The minimum atomic E-state index is -4.98. The molecule has 7 nitrogen and oxygen atoms in total. The third-order valence-corrected chi connectivity index (χ3v) is 6.68. The second kappa shape index (κ2) is 24.0. The average molecular weight is 773 g/mol. The van der Waals surface area contributed by atoms with Crippen LogP contribution in [0.4, 0.5) is 13.2 Å². The Morgan fingerprint density at radius 2 is 1.14 bits per heavy atom. The first-order valence-corrected chi connectivity index (χ1v) is 16.7. The maximum Gasteiger partial charge on any atom is 0.420 e. The lowest BCUT2D eigenvalue weighted by atomic mass is 10.1. The Hall–Kier alpha value is -8.56. The van der Waals surface area contributed by atoms with E-state index < -0.39 is 41.0 Å². The first-order valence-electron chi connectivity index (χ1n) is 16.7. The summed E-state index contributed by atoms with van der Waals surface area (Å²) in [4.78, 5) is 36.7. The molecule has 0 amide bonds. The van der Waals surface area contributed by atoms with E-state index in [0.29, 0.717) is 42.4 Å². The summed E-state index contributed by atoms with van der Waals surface area (Å²) < 4.78 is 63.1. The maximum absolute atomic E-state index is 14.1. The molecule has 0 saturated carbocycles. The first kappa shape index (κ1) is 43.8. The fourth-order valence-corrected chi connectivity index (χ4v) is 4.06. The molecule has 3 aromatic carbocycles. The summed E-state index contributed by atoms with van der Waals surface area (Å²) in [7, 11) is 0. The normalized spacial score (nSPS) is 8.78. The predicted octanol–water partition coefficient (Wildman–Crippen LogP) is 6.74. The van der Waals surface area contributed by atoms with E-state index in [0.717, 1.165) is 18.2 Å². The SMILES string of the molecule is C=CC(=O)OCCCCOc1ccc(C(=O)Oc2ccc(C(=O)Oc3ccc(C#CC#CC#CC#CC#CC#CC#CC#CC#CC)cc3)cc2C(F)(F)F)cc1C. The van der Waals surface area contributed by atoms with E-state index in [9.17, 15) is 27.6 Å². The number of carbonyl (C=O) groups excluding carboxylic acids is 3. The van der Waals surface area contributed by atoms with Crippen LogP contribution in [0.5, 0.6) is 17.2 Å². The fraction of sp³-hybridized carbons (Fsp3) is 0.146. The van der Waals surface area contributed by atoms with Gasteiger partial charge in [-0.25, -0.2) is 14.4 Å². The van der Waals surface area contributed by atoms with Crippen LogP contribution < -0.4 is 14.2 Å². The van der Waals surface area contributed by atoms with Crippen molar-refractivity contribution in [2.75, 3.05) is 13.2 Å². The molecule has 0 radical (unpaired) electrons. The van der Waals surface area contributed by atoms with Gasteiger partial charge < -0.3 is 18.9 Å². The van der Waals surface area contributed by atoms with Gasteiger partial charge in [0.25, 0.3) is 0 Å². The second-order valence-corrected chi connectivity index (χ2v) is 10.8. The molecule has 3 aromatic rings. The minimum absolute atomic E-state index is 0.0226. The largest absolute Gasteiger partial charge is 0.493 e. The van der Waals surface area contributed by atoms with Crippen LogP contribution in [-0.2, 0) is 15.7 Å². The fourth-order valence-electron chi connectivity index (χ4n) is 4.06. The number of esters is 3. The van der Waals surface area contributed by atoms with Crippen molar-refractivity contribution < 1.29 is 46.5 Å². The summed E-state index contributed by atoms with van der Waals surface area (Å²) >= 11 is 0. The molecule has 0 bridgehead atoms. The van der Waals surface area contributed by atoms with Crippen molar-refractivity contribution in [3.05, 3.63) is 101 Å². The Bertz CT molecular complexity index is 2650. The van der Waals surface area contributed by atoms with Crippen LogP contribution in [0, 0.1) is 113 Å². The summed E-state index contributed by atoms with van der Waals surface area (Å²) in [6.07, 6.45) is -2.78. The number of alkyl halides is 3. The number of unbranched alkanes of at least 4 members (excludes halogenated alkanes) is 1. The summed E-state index contributed by atoms with van der Waals surface area (Å²) in [5, 5.41) is 0. The van der Waals surface area contributed by atoms with Gasteiger partial charge in [0.2, 0.25) is 0 Å². The molecule has 0 N–H and O–H groups in total. The number of benzene rings is 3. The average Bonchev–Trinajstić information content (AvgIpc) is 3.20.